The highest BCUT2D eigenvalue weighted by atomic mass is 16.7. The van der Waals surface area contributed by atoms with Crippen molar-refractivity contribution in [3.05, 3.63) is 71.3 Å². The van der Waals surface area contributed by atoms with E-state index in [1.165, 1.54) is 148 Å². The molecule has 34 unspecified atom stereocenters. The van der Waals surface area contributed by atoms with Gasteiger partial charge in [0, 0.05) is 84.0 Å². The topological polar surface area (TPSA) is 290 Å². The number of nitrogen functional groups attached to an aromatic ring is 6. The number of benzene rings is 3. The number of esters is 3. The lowest BCUT2D eigenvalue weighted by Crippen LogP contribution is -2.55. The summed E-state index contributed by atoms with van der Waals surface area (Å²) in [5, 5.41) is 0. The Kier molecular flexibility index (Phi) is 23.7. The number of anilines is 6. The molecule has 3 aromatic rings. The summed E-state index contributed by atoms with van der Waals surface area (Å²) < 4.78 is 58.4. The second-order valence-electron chi connectivity index (χ2n) is 46.9. The summed E-state index contributed by atoms with van der Waals surface area (Å²) in [7, 11) is 0. The number of carbonyl (C=O) groups is 3. The van der Waals surface area contributed by atoms with Gasteiger partial charge in [0.15, 0.2) is 17.4 Å². The average Bonchev–Trinajstić information content (AvgIpc) is 1.55. The molecule has 6 heterocycles. The molecule has 124 heavy (non-hydrogen) atoms. The van der Waals surface area contributed by atoms with Crippen LogP contribution in [0.3, 0.4) is 0 Å². The van der Waals surface area contributed by atoms with E-state index in [4.69, 9.17) is 77.0 Å². The molecule has 34 atom stereocenters. The van der Waals surface area contributed by atoms with Crippen LogP contribution in [0.1, 0.15) is 311 Å². The highest BCUT2D eigenvalue weighted by molar-refractivity contribution is 5.74. The van der Waals surface area contributed by atoms with Crippen LogP contribution in [0.4, 0.5) is 34.1 Å². The summed E-state index contributed by atoms with van der Waals surface area (Å²) in [6.45, 7) is 27.9. The third kappa shape index (κ3) is 15.5. The standard InChI is InChI=1S/C36H54N2O4.2C35H52N2O4/c1-22-33-31(42-36(22)13-4-5-16-40-36)21-30-28-10-9-24-19-27(11-14-34(24,2)29(28)12-15-35(30,33)3)41-32(39)8-6-7-23-17-25(37)20-26(38)18-23;1-20-7-12-35(39-19-20)21(2)32-30(41-35)18-29-27-6-5-23-16-26(8-10-33(23,3)28(27)9-11-34(29,32)4)40-31(38)15-22-13-24(36)17-25(37)14-22;1-21-32-30(41-35(21)12-4-5-15-39-35)20-29-27-8-7-23-18-26(10-13-33(23,2)28(27)11-14-34(29,32)3)40-31(38)9-6-22-16-24(36)19-25(37)17-22/h17-18,20,22,24,27-31,33H,4-16,19,21,37-38H2,1-3H3;13-14,17,20-21,23,26-30,32H,5-12,15-16,18-19,36-37H2,1-4H3;16-17,19,21,23,26-30,32H,4-15,18,20,36-37H2,1-3H3. The molecule has 3 spiro atoms. The number of ether oxygens (including phenoxy) is 9. The Balaban J connectivity index is 0.000000122. The SMILES string of the molecule is CC1C2C(CC3C4CCC5CC(OC(=O)CCCc6cc(N)cc(N)c6)CCC5(C)C4CCC32C)OC12CCCCO2.CC1C2C(CC3C4CCC5CC(OC(=O)CCc6cc(N)cc(N)c6)CCC5(C)C4CCC32C)OC12CCCCO2.CC1CCC2(OC1)OC1CC3C4CCC5CC(OC(=O)Cc6cc(N)cc(N)c6)CCC5(C)C4CCC3(C)C1C2C. The van der Waals surface area contributed by atoms with Crippen LogP contribution in [-0.4, -0.2) is 91.7 Å². The van der Waals surface area contributed by atoms with Crippen molar-refractivity contribution in [1.29, 1.82) is 0 Å². The zero-order chi connectivity index (χ0) is 86.6. The quantitative estimate of drug-likeness (QED) is 0.0558. The van der Waals surface area contributed by atoms with Gasteiger partial charge in [0.1, 0.15) is 18.3 Å². The summed E-state index contributed by atoms with van der Waals surface area (Å²) in [6, 6.07) is 16.6. The van der Waals surface area contributed by atoms with Gasteiger partial charge in [-0.3, -0.25) is 14.4 Å². The lowest BCUT2D eigenvalue weighted by Gasteiger charge is -2.61. The van der Waals surface area contributed by atoms with Crippen molar-refractivity contribution in [2.45, 2.75) is 367 Å². The van der Waals surface area contributed by atoms with Crippen LogP contribution in [0.5, 0.6) is 0 Å². The molecule has 3 aromatic carbocycles. The smallest absolute Gasteiger partial charge is 0.310 e. The Morgan fingerprint density at radius 2 is 0.694 bits per heavy atom. The van der Waals surface area contributed by atoms with E-state index < -0.39 is 0 Å². The second kappa shape index (κ2) is 33.5. The Morgan fingerprint density at radius 3 is 1.06 bits per heavy atom. The molecule has 0 aromatic heterocycles. The first kappa shape index (κ1) is 87.9. The first-order valence-corrected chi connectivity index (χ1v) is 50.7. The van der Waals surface area contributed by atoms with E-state index in [2.05, 4.69) is 69.2 Å². The molecule has 18 aliphatic rings. The van der Waals surface area contributed by atoms with Crippen LogP contribution in [0.25, 0.3) is 0 Å². The molecule has 6 saturated heterocycles. The van der Waals surface area contributed by atoms with Gasteiger partial charge in [0.25, 0.3) is 0 Å². The van der Waals surface area contributed by atoms with Crippen molar-refractivity contribution in [3.8, 4) is 0 Å². The van der Waals surface area contributed by atoms with E-state index in [1.54, 1.807) is 18.2 Å². The maximum atomic E-state index is 12.9. The number of hydrogen-bond donors (Lipinski definition) is 6. The predicted octanol–water partition coefficient (Wildman–Crippen LogP) is 20.9. The predicted molar refractivity (Wildman–Crippen MR) is 486 cm³/mol. The fourth-order valence-corrected chi connectivity index (χ4v) is 35.0. The maximum Gasteiger partial charge on any atom is 0.310 e. The van der Waals surface area contributed by atoms with Crippen molar-refractivity contribution in [3.63, 3.8) is 0 Å². The Bertz CT molecular complexity index is 4320. The molecular formula is C106H158N6O12. The third-order valence-corrected chi connectivity index (χ3v) is 40.8. The molecule has 18 fully saturated rings. The molecule has 21 rings (SSSR count). The van der Waals surface area contributed by atoms with Gasteiger partial charge in [-0.05, 0) is 404 Å². The first-order valence-electron chi connectivity index (χ1n) is 50.7. The monoisotopic (exact) mass is 1710 g/mol. The number of aryl methyl sites for hydroxylation is 2. The lowest BCUT2D eigenvalue weighted by molar-refractivity contribution is -0.273. The molecule has 0 bridgehead atoms. The van der Waals surface area contributed by atoms with E-state index >= 15 is 0 Å². The van der Waals surface area contributed by atoms with Crippen LogP contribution >= 0.6 is 0 Å². The van der Waals surface area contributed by atoms with Crippen molar-refractivity contribution in [2.24, 2.45) is 145 Å². The molecule has 18 nitrogen and oxygen atoms in total. The minimum absolute atomic E-state index is 0.0267. The van der Waals surface area contributed by atoms with Gasteiger partial charge in [-0.1, -0.05) is 69.2 Å². The zero-order valence-corrected chi connectivity index (χ0v) is 77.5. The number of carbonyl (C=O) groups excluding carboxylic acids is 3. The molecule has 12 N–H and O–H groups in total. The van der Waals surface area contributed by atoms with Gasteiger partial charge < -0.3 is 77.0 Å². The highest BCUT2D eigenvalue weighted by Crippen LogP contribution is 2.76. The van der Waals surface area contributed by atoms with Gasteiger partial charge >= 0.3 is 17.9 Å². The molecule has 684 valence electrons. The van der Waals surface area contributed by atoms with E-state index in [9.17, 15) is 14.4 Å². The van der Waals surface area contributed by atoms with Crippen LogP contribution in [-0.2, 0) is 76.3 Å². The number of rotatable bonds is 12. The summed E-state index contributed by atoms with van der Waals surface area (Å²) in [5.41, 5.74) is 44.5. The molecule has 12 aliphatic carbocycles. The maximum absolute atomic E-state index is 12.9. The van der Waals surface area contributed by atoms with Crippen molar-refractivity contribution in [1.82, 2.24) is 0 Å². The summed E-state index contributed by atoms with van der Waals surface area (Å²) in [5.74, 6) is 11.8. The Labute approximate surface area is 742 Å². The fraction of sp³-hybridized carbons (Fsp3) is 0.802. The van der Waals surface area contributed by atoms with Crippen LogP contribution < -0.4 is 34.4 Å². The summed E-state index contributed by atoms with van der Waals surface area (Å²) in [6.07, 6.45) is 43.0. The number of hydrogen-bond acceptors (Lipinski definition) is 18. The second-order valence-corrected chi connectivity index (χ2v) is 46.9. The van der Waals surface area contributed by atoms with E-state index in [-0.39, 0.29) is 60.0 Å². The van der Waals surface area contributed by atoms with Crippen molar-refractivity contribution < 1.29 is 57.0 Å². The van der Waals surface area contributed by atoms with Crippen molar-refractivity contribution >= 4 is 52.0 Å². The fourth-order valence-electron chi connectivity index (χ4n) is 35.0. The van der Waals surface area contributed by atoms with E-state index in [0.717, 1.165) is 160 Å². The lowest BCUT2D eigenvalue weighted by atomic mass is 9.44. The molecule has 6 aliphatic heterocycles. The zero-order valence-electron chi connectivity index (χ0n) is 77.5. The van der Waals surface area contributed by atoms with E-state index in [1.807, 2.05) is 36.4 Å². The van der Waals surface area contributed by atoms with Crippen LogP contribution in [0, 0.1) is 145 Å². The summed E-state index contributed by atoms with van der Waals surface area (Å²) >= 11 is 0. The Hall–Kier alpha value is -5.37. The minimum Gasteiger partial charge on any atom is -0.462 e. The van der Waals surface area contributed by atoms with Gasteiger partial charge in [-0.2, -0.15) is 0 Å². The first-order chi connectivity index (χ1) is 59.2. The molecule has 0 amide bonds. The van der Waals surface area contributed by atoms with Gasteiger partial charge in [-0.15, -0.1) is 0 Å². The van der Waals surface area contributed by atoms with Crippen molar-refractivity contribution in [2.75, 3.05) is 54.2 Å². The average molecular weight is 1710 g/mol. The molecule has 0 radical (unpaired) electrons. The van der Waals surface area contributed by atoms with Crippen LogP contribution in [0.15, 0.2) is 54.6 Å². The normalized spacial score (nSPS) is 47.1. The third-order valence-electron chi connectivity index (χ3n) is 40.8. The van der Waals surface area contributed by atoms with Crippen LogP contribution in [0.2, 0.25) is 0 Å². The van der Waals surface area contributed by atoms with Gasteiger partial charge in [0.05, 0.1) is 44.6 Å². The van der Waals surface area contributed by atoms with Gasteiger partial charge in [0.2, 0.25) is 0 Å². The van der Waals surface area contributed by atoms with E-state index in [0.29, 0.717) is 163 Å². The number of nitrogens with two attached hydrogens (primary N) is 6. The number of fused-ring (bicyclic) bond motifs is 21. The van der Waals surface area contributed by atoms with Gasteiger partial charge in [-0.25, -0.2) is 0 Å². The molecule has 12 saturated carbocycles. The summed E-state index contributed by atoms with van der Waals surface area (Å²) in [4.78, 5) is 38.5. The minimum atomic E-state index is -0.328. The largest absolute Gasteiger partial charge is 0.462 e. The Morgan fingerprint density at radius 1 is 0.347 bits per heavy atom. The highest BCUT2D eigenvalue weighted by Gasteiger charge is 2.73. The molecular weight excluding hydrogens is 1550 g/mol. The molecule has 18 heteroatoms.